The van der Waals surface area contributed by atoms with Crippen LogP contribution in [0.15, 0.2) is 92.9 Å². The van der Waals surface area contributed by atoms with E-state index in [4.69, 9.17) is 25.8 Å². The second-order valence-corrected chi connectivity index (χ2v) is 11.3. The van der Waals surface area contributed by atoms with Crippen LogP contribution in [0.4, 0.5) is 5.69 Å². The lowest BCUT2D eigenvalue weighted by molar-refractivity contribution is -0.118. The molecule has 0 unspecified atom stereocenters. The lowest BCUT2D eigenvalue weighted by Crippen LogP contribution is -2.20. The Labute approximate surface area is 271 Å². The molecule has 8 nitrogen and oxygen atoms in total. The molecule has 0 atom stereocenters. The third kappa shape index (κ3) is 9.31. The van der Waals surface area contributed by atoms with Crippen molar-refractivity contribution in [3.05, 3.63) is 115 Å². The molecule has 0 heterocycles. The van der Waals surface area contributed by atoms with Crippen LogP contribution in [0.2, 0.25) is 5.02 Å². The highest BCUT2D eigenvalue weighted by Gasteiger charge is 2.14. The number of nitrogens with zero attached hydrogens (tertiary/aromatic N) is 1. The van der Waals surface area contributed by atoms with Crippen LogP contribution < -0.4 is 25.0 Å². The van der Waals surface area contributed by atoms with Gasteiger partial charge in [0.2, 0.25) is 0 Å². The quantitative estimate of drug-likeness (QED) is 0.114. The maximum absolute atomic E-state index is 12.8. The highest BCUT2D eigenvalue weighted by molar-refractivity contribution is 9.11. The Morgan fingerprint density at radius 1 is 0.907 bits per heavy atom. The van der Waals surface area contributed by atoms with Crippen LogP contribution in [-0.4, -0.2) is 31.2 Å². The van der Waals surface area contributed by atoms with Crippen LogP contribution in [0.1, 0.15) is 34.0 Å². The van der Waals surface area contributed by atoms with Gasteiger partial charge in [0.25, 0.3) is 11.8 Å². The zero-order valence-corrected chi connectivity index (χ0v) is 27.3. The summed E-state index contributed by atoms with van der Waals surface area (Å²) in [7, 11) is 0. The topological polar surface area (TPSA) is 98.3 Å². The fraction of sp³-hybridized carbons (Fsp3) is 0.156. The lowest BCUT2D eigenvalue weighted by atomic mass is 10.2. The van der Waals surface area contributed by atoms with Crippen molar-refractivity contribution >= 4 is 67.2 Å². The van der Waals surface area contributed by atoms with Gasteiger partial charge in [-0.3, -0.25) is 9.59 Å². The number of nitrogens with one attached hydrogen (secondary N) is 2. The molecule has 222 valence electrons. The Hall–Kier alpha value is -3.86. The first kappa shape index (κ1) is 32.1. The zero-order valence-electron chi connectivity index (χ0n) is 23.3. The van der Waals surface area contributed by atoms with Crippen LogP contribution in [0.5, 0.6) is 17.2 Å². The lowest BCUT2D eigenvalue weighted by Gasteiger charge is -2.13. The normalized spacial score (nSPS) is 10.8. The summed E-state index contributed by atoms with van der Waals surface area (Å²) in [6, 6.07) is 23.5. The predicted octanol–water partition coefficient (Wildman–Crippen LogP) is 7.93. The second-order valence-electron chi connectivity index (χ2n) is 9.18. The number of amides is 2. The van der Waals surface area contributed by atoms with Gasteiger partial charge in [-0.05, 0) is 105 Å². The first-order valence-corrected chi connectivity index (χ1v) is 15.1. The number of hydrogen-bond donors (Lipinski definition) is 2. The molecule has 11 heteroatoms. The van der Waals surface area contributed by atoms with Crippen molar-refractivity contribution in [3.63, 3.8) is 0 Å². The summed E-state index contributed by atoms with van der Waals surface area (Å²) < 4.78 is 18.5. The van der Waals surface area contributed by atoms with Gasteiger partial charge in [0.1, 0.15) is 12.4 Å². The maximum atomic E-state index is 12.8. The molecule has 4 aromatic carbocycles. The van der Waals surface area contributed by atoms with Gasteiger partial charge in [-0.1, -0.05) is 48.0 Å². The number of halogens is 3. The van der Waals surface area contributed by atoms with E-state index < -0.39 is 5.91 Å². The number of hydrogen-bond acceptors (Lipinski definition) is 6. The van der Waals surface area contributed by atoms with Gasteiger partial charge in [-0.15, -0.1) is 0 Å². The number of ether oxygens (including phenoxy) is 3. The molecule has 0 radical (unpaired) electrons. The average molecular weight is 730 g/mol. The summed E-state index contributed by atoms with van der Waals surface area (Å²) in [5, 5.41) is 7.40. The van der Waals surface area contributed by atoms with Crippen LogP contribution in [-0.2, 0) is 11.4 Å². The van der Waals surface area contributed by atoms with Crippen molar-refractivity contribution < 1.29 is 23.8 Å². The van der Waals surface area contributed by atoms with Crippen LogP contribution in [0, 0.1) is 6.92 Å². The van der Waals surface area contributed by atoms with Gasteiger partial charge in [0, 0.05) is 16.3 Å². The summed E-state index contributed by atoms with van der Waals surface area (Å²) in [4.78, 5) is 25.2. The number of hydrazone groups is 1. The SMILES string of the molecule is CCOc1cc(C(=O)N/N=C/c2cc(Br)c(OCC(=O)Nc3ccc(C)c(Cl)c3)c(Br)c2)ccc1OCc1ccccc1. The van der Waals surface area contributed by atoms with Crippen LogP contribution in [0.25, 0.3) is 0 Å². The molecule has 2 N–H and O–H groups in total. The molecule has 0 aliphatic rings. The molecule has 2 amide bonds. The summed E-state index contributed by atoms with van der Waals surface area (Å²) in [6.07, 6.45) is 1.49. The minimum atomic E-state index is -0.411. The second kappa shape index (κ2) is 15.6. The van der Waals surface area contributed by atoms with Crippen molar-refractivity contribution in [2.75, 3.05) is 18.5 Å². The smallest absolute Gasteiger partial charge is 0.271 e. The summed E-state index contributed by atoms with van der Waals surface area (Å²) in [5.41, 5.74) is 6.09. The maximum Gasteiger partial charge on any atom is 0.271 e. The van der Waals surface area contributed by atoms with Gasteiger partial charge in [0.05, 0.1) is 21.8 Å². The molecule has 4 aromatic rings. The Kier molecular flexibility index (Phi) is 11.6. The van der Waals surface area contributed by atoms with Crippen molar-refractivity contribution in [1.82, 2.24) is 5.43 Å². The molecule has 0 spiro atoms. The number of rotatable bonds is 12. The predicted molar refractivity (Wildman–Crippen MR) is 176 cm³/mol. The van der Waals surface area contributed by atoms with Crippen molar-refractivity contribution in [1.29, 1.82) is 0 Å². The van der Waals surface area contributed by atoms with E-state index in [-0.39, 0.29) is 12.5 Å². The highest BCUT2D eigenvalue weighted by atomic mass is 79.9. The number of aryl methyl sites for hydroxylation is 1. The third-order valence-corrected chi connectivity index (χ3v) is 7.53. The van der Waals surface area contributed by atoms with Crippen LogP contribution >= 0.6 is 43.5 Å². The minimum Gasteiger partial charge on any atom is -0.490 e. The van der Waals surface area contributed by atoms with Gasteiger partial charge in [-0.25, -0.2) is 5.43 Å². The molecule has 43 heavy (non-hydrogen) atoms. The van der Waals surface area contributed by atoms with E-state index in [2.05, 4.69) is 47.7 Å². The first-order chi connectivity index (χ1) is 20.7. The molecule has 0 bridgehead atoms. The van der Waals surface area contributed by atoms with Gasteiger partial charge >= 0.3 is 0 Å². The number of carbonyl (C=O) groups is 2. The van der Waals surface area contributed by atoms with E-state index >= 15 is 0 Å². The molecule has 0 aliphatic carbocycles. The summed E-state index contributed by atoms with van der Waals surface area (Å²) in [6.45, 7) is 4.32. The van der Waals surface area contributed by atoms with E-state index in [1.807, 2.05) is 50.2 Å². The Balaban J connectivity index is 1.34. The molecule has 0 saturated carbocycles. The van der Waals surface area contributed by atoms with E-state index in [9.17, 15) is 9.59 Å². The van der Waals surface area contributed by atoms with Crippen molar-refractivity contribution in [3.8, 4) is 17.2 Å². The van der Waals surface area contributed by atoms with Gasteiger partial charge < -0.3 is 19.5 Å². The van der Waals surface area contributed by atoms with E-state index in [0.717, 1.165) is 11.1 Å². The zero-order chi connectivity index (χ0) is 30.8. The molecular weight excluding hydrogens is 702 g/mol. The van der Waals surface area contributed by atoms with Crippen LogP contribution in [0.3, 0.4) is 0 Å². The summed E-state index contributed by atoms with van der Waals surface area (Å²) >= 11 is 13.1. The van der Waals surface area contributed by atoms with Gasteiger partial charge in [-0.2, -0.15) is 5.10 Å². The number of benzene rings is 4. The molecule has 0 aromatic heterocycles. The van der Waals surface area contributed by atoms with E-state index in [1.165, 1.54) is 6.21 Å². The minimum absolute atomic E-state index is 0.216. The summed E-state index contributed by atoms with van der Waals surface area (Å²) in [5.74, 6) is 0.701. The van der Waals surface area contributed by atoms with E-state index in [0.29, 0.717) is 61.2 Å². The fourth-order valence-electron chi connectivity index (χ4n) is 3.80. The molecule has 0 saturated heterocycles. The molecule has 4 rings (SSSR count). The third-order valence-electron chi connectivity index (χ3n) is 5.95. The van der Waals surface area contributed by atoms with Gasteiger partial charge in [0.15, 0.2) is 18.1 Å². The van der Waals surface area contributed by atoms with Crippen molar-refractivity contribution in [2.24, 2.45) is 5.10 Å². The Morgan fingerprint density at radius 3 is 2.35 bits per heavy atom. The van der Waals surface area contributed by atoms with Crippen molar-refractivity contribution in [2.45, 2.75) is 20.5 Å². The molecular formula is C32H28Br2ClN3O5. The van der Waals surface area contributed by atoms with E-state index in [1.54, 1.807) is 42.5 Å². The fourth-order valence-corrected chi connectivity index (χ4v) is 5.43. The molecule has 0 fully saturated rings. The monoisotopic (exact) mass is 727 g/mol. The largest absolute Gasteiger partial charge is 0.490 e. The Morgan fingerprint density at radius 2 is 1.65 bits per heavy atom. The first-order valence-electron chi connectivity index (χ1n) is 13.2. The number of carbonyl (C=O) groups excluding carboxylic acids is 2. The molecule has 0 aliphatic heterocycles. The standard InChI is InChI=1S/C32H28Br2ClN3O5/c1-3-41-29-15-23(10-12-28(29)42-18-21-7-5-4-6-8-21)32(40)38-36-17-22-13-25(33)31(26(34)14-22)43-19-30(39)37-24-11-9-20(2)27(35)16-24/h4-17H,3,18-19H2,1-2H3,(H,37,39)(H,38,40)/b36-17+. The Bertz CT molecular complexity index is 1610. The highest BCUT2D eigenvalue weighted by Crippen LogP contribution is 2.34. The number of anilines is 1. The average Bonchev–Trinajstić information content (AvgIpc) is 2.98.